The van der Waals surface area contributed by atoms with Gasteiger partial charge in [-0.1, -0.05) is 46.3 Å². The fourth-order valence-corrected chi connectivity index (χ4v) is 2.44. The smallest absolute Gasteiger partial charge is 0.328 e. The summed E-state index contributed by atoms with van der Waals surface area (Å²) in [5.74, 6) is -1.72. The molecule has 0 radical (unpaired) electrons. The largest absolute Gasteiger partial charge is 0.480 e. The van der Waals surface area contributed by atoms with E-state index in [1.54, 1.807) is 6.92 Å². The van der Waals surface area contributed by atoms with Crippen molar-refractivity contribution in [2.24, 2.45) is 0 Å². The van der Waals surface area contributed by atoms with Gasteiger partial charge in [0.25, 0.3) is 0 Å². The lowest BCUT2D eigenvalue weighted by Crippen LogP contribution is -2.46. The Kier molecular flexibility index (Phi) is 4.62. The van der Waals surface area contributed by atoms with Crippen molar-refractivity contribution in [1.82, 2.24) is 9.80 Å². The fraction of sp³-hybridized carbons (Fsp3) is 0.357. The SMILES string of the molecule is CC(Br)C(=O)N1C(=O)N(Cc2ccccc2)C[C@H]1C(=O)O. The van der Waals surface area contributed by atoms with Gasteiger partial charge in [-0.2, -0.15) is 0 Å². The summed E-state index contributed by atoms with van der Waals surface area (Å²) in [7, 11) is 0. The number of carbonyl (C=O) groups excluding carboxylic acids is 2. The number of alkyl halides is 1. The van der Waals surface area contributed by atoms with E-state index < -0.39 is 28.8 Å². The van der Waals surface area contributed by atoms with E-state index in [9.17, 15) is 19.5 Å². The molecule has 0 saturated carbocycles. The number of nitrogens with zero attached hydrogens (tertiary/aromatic N) is 2. The number of carboxylic acids is 1. The van der Waals surface area contributed by atoms with Gasteiger partial charge in [-0.3, -0.25) is 4.79 Å². The summed E-state index contributed by atoms with van der Waals surface area (Å²) < 4.78 is 0. The van der Waals surface area contributed by atoms with Crippen molar-refractivity contribution in [2.75, 3.05) is 6.54 Å². The first-order valence-corrected chi connectivity index (χ1v) is 7.36. The minimum absolute atomic E-state index is 0.00544. The van der Waals surface area contributed by atoms with Crippen molar-refractivity contribution in [2.45, 2.75) is 24.3 Å². The predicted octanol–water partition coefficient (Wildman–Crippen LogP) is 1.69. The third kappa shape index (κ3) is 3.24. The van der Waals surface area contributed by atoms with E-state index in [1.807, 2.05) is 30.3 Å². The van der Waals surface area contributed by atoms with Crippen LogP contribution in [-0.2, 0) is 16.1 Å². The monoisotopic (exact) mass is 354 g/mol. The summed E-state index contributed by atoms with van der Waals surface area (Å²) in [6, 6.07) is 7.53. The van der Waals surface area contributed by atoms with Crippen LogP contribution in [0.4, 0.5) is 4.79 Å². The molecule has 1 unspecified atom stereocenters. The molecular formula is C14H15BrN2O4. The number of carbonyl (C=O) groups is 3. The Bertz CT molecular complexity index is 561. The first-order valence-electron chi connectivity index (χ1n) is 6.44. The molecule has 1 aliphatic heterocycles. The lowest BCUT2D eigenvalue weighted by Gasteiger charge is -2.20. The molecule has 1 fully saturated rings. The van der Waals surface area contributed by atoms with Crippen LogP contribution in [0.2, 0.25) is 0 Å². The Balaban J connectivity index is 2.21. The number of halogens is 1. The lowest BCUT2D eigenvalue weighted by atomic mass is 10.2. The molecule has 6 nitrogen and oxygen atoms in total. The molecule has 21 heavy (non-hydrogen) atoms. The molecule has 1 aromatic carbocycles. The van der Waals surface area contributed by atoms with Crippen molar-refractivity contribution in [3.05, 3.63) is 35.9 Å². The van der Waals surface area contributed by atoms with E-state index in [4.69, 9.17) is 0 Å². The van der Waals surface area contributed by atoms with Crippen LogP contribution in [0, 0.1) is 0 Å². The molecular weight excluding hydrogens is 340 g/mol. The van der Waals surface area contributed by atoms with E-state index in [1.165, 1.54) is 4.90 Å². The summed E-state index contributed by atoms with van der Waals surface area (Å²) in [4.78, 5) is 37.2. The number of urea groups is 1. The second-order valence-corrected chi connectivity index (χ2v) is 6.20. The van der Waals surface area contributed by atoms with Crippen LogP contribution in [0.3, 0.4) is 0 Å². The van der Waals surface area contributed by atoms with Gasteiger partial charge in [0.2, 0.25) is 5.91 Å². The number of hydrogen-bond donors (Lipinski definition) is 1. The first kappa shape index (κ1) is 15.5. The number of imide groups is 1. The summed E-state index contributed by atoms with van der Waals surface area (Å²) in [5, 5.41) is 9.23. The molecule has 2 atom stereocenters. The van der Waals surface area contributed by atoms with E-state index in [0.717, 1.165) is 10.5 Å². The number of aliphatic carboxylic acids is 1. The highest BCUT2D eigenvalue weighted by Gasteiger charge is 2.45. The average molecular weight is 355 g/mol. The highest BCUT2D eigenvalue weighted by Crippen LogP contribution is 2.21. The maximum absolute atomic E-state index is 12.3. The highest BCUT2D eigenvalue weighted by atomic mass is 79.9. The molecule has 0 spiro atoms. The van der Waals surface area contributed by atoms with E-state index in [-0.39, 0.29) is 13.1 Å². The van der Waals surface area contributed by atoms with Crippen LogP contribution in [0.25, 0.3) is 0 Å². The van der Waals surface area contributed by atoms with Gasteiger partial charge in [0.15, 0.2) is 6.04 Å². The van der Waals surface area contributed by atoms with Crippen molar-refractivity contribution >= 4 is 33.8 Å². The Hall–Kier alpha value is -1.89. The Morgan fingerprint density at radius 3 is 2.52 bits per heavy atom. The maximum Gasteiger partial charge on any atom is 0.328 e. The van der Waals surface area contributed by atoms with Crippen LogP contribution < -0.4 is 0 Å². The van der Waals surface area contributed by atoms with Gasteiger partial charge in [0.05, 0.1) is 11.4 Å². The van der Waals surface area contributed by atoms with Gasteiger partial charge >= 0.3 is 12.0 Å². The van der Waals surface area contributed by atoms with E-state index in [0.29, 0.717) is 0 Å². The summed E-state index contributed by atoms with van der Waals surface area (Å²) in [6.07, 6.45) is 0. The zero-order valence-electron chi connectivity index (χ0n) is 11.4. The number of amides is 3. The number of benzene rings is 1. The first-order chi connectivity index (χ1) is 9.91. The molecule has 7 heteroatoms. The minimum Gasteiger partial charge on any atom is -0.480 e. The minimum atomic E-state index is -1.18. The fourth-order valence-electron chi connectivity index (χ4n) is 2.22. The zero-order chi connectivity index (χ0) is 15.6. The second-order valence-electron chi connectivity index (χ2n) is 4.83. The number of carboxylic acid groups (broad SMARTS) is 1. The molecule has 1 heterocycles. The molecule has 3 amide bonds. The summed E-state index contributed by atoms with van der Waals surface area (Å²) in [5.41, 5.74) is 0.885. The molecule has 2 rings (SSSR count). The van der Waals surface area contributed by atoms with Gasteiger partial charge < -0.3 is 10.0 Å². The normalized spacial score (nSPS) is 19.7. The molecule has 0 bridgehead atoms. The van der Waals surface area contributed by atoms with Crippen LogP contribution in [0.15, 0.2) is 30.3 Å². The third-order valence-electron chi connectivity index (χ3n) is 3.26. The van der Waals surface area contributed by atoms with Crippen molar-refractivity contribution in [3.8, 4) is 0 Å². The van der Waals surface area contributed by atoms with Gasteiger partial charge in [0.1, 0.15) is 0 Å². The molecule has 1 aliphatic rings. The second kappa shape index (κ2) is 6.26. The van der Waals surface area contributed by atoms with Crippen LogP contribution in [0.1, 0.15) is 12.5 Å². The van der Waals surface area contributed by atoms with Crippen molar-refractivity contribution in [3.63, 3.8) is 0 Å². The average Bonchev–Trinajstić information content (AvgIpc) is 2.76. The Labute approximate surface area is 130 Å². The Morgan fingerprint density at radius 1 is 1.38 bits per heavy atom. The predicted molar refractivity (Wildman–Crippen MR) is 78.9 cm³/mol. The zero-order valence-corrected chi connectivity index (χ0v) is 13.0. The Morgan fingerprint density at radius 2 is 2.00 bits per heavy atom. The number of rotatable bonds is 4. The van der Waals surface area contributed by atoms with Gasteiger partial charge in [-0.05, 0) is 12.5 Å². The summed E-state index contributed by atoms with van der Waals surface area (Å²) >= 11 is 3.09. The number of hydrogen-bond acceptors (Lipinski definition) is 3. The highest BCUT2D eigenvalue weighted by molar-refractivity contribution is 9.10. The van der Waals surface area contributed by atoms with Gasteiger partial charge in [-0.25, -0.2) is 14.5 Å². The summed E-state index contributed by atoms with van der Waals surface area (Å²) in [6.45, 7) is 1.84. The van der Waals surface area contributed by atoms with Crippen molar-refractivity contribution in [1.29, 1.82) is 0 Å². The molecule has 1 N–H and O–H groups in total. The lowest BCUT2D eigenvalue weighted by molar-refractivity contribution is -0.145. The third-order valence-corrected chi connectivity index (χ3v) is 3.65. The van der Waals surface area contributed by atoms with Gasteiger partial charge in [0, 0.05) is 6.54 Å². The molecule has 112 valence electrons. The molecule has 0 aliphatic carbocycles. The van der Waals surface area contributed by atoms with Crippen LogP contribution >= 0.6 is 15.9 Å². The topological polar surface area (TPSA) is 77.9 Å². The molecule has 0 aromatic heterocycles. The quantitative estimate of drug-likeness (QED) is 0.834. The maximum atomic E-state index is 12.3. The van der Waals surface area contributed by atoms with E-state index >= 15 is 0 Å². The van der Waals surface area contributed by atoms with Crippen LogP contribution in [-0.4, -0.2) is 50.2 Å². The molecule has 1 saturated heterocycles. The van der Waals surface area contributed by atoms with Crippen LogP contribution in [0.5, 0.6) is 0 Å². The van der Waals surface area contributed by atoms with E-state index in [2.05, 4.69) is 15.9 Å². The van der Waals surface area contributed by atoms with Gasteiger partial charge in [-0.15, -0.1) is 0 Å². The van der Waals surface area contributed by atoms with Crippen molar-refractivity contribution < 1.29 is 19.5 Å². The molecule has 1 aromatic rings. The standard InChI is InChI=1S/C14H15BrN2O4/c1-9(15)12(18)17-11(13(19)20)8-16(14(17)21)7-10-5-3-2-4-6-10/h2-6,9,11H,7-8H2,1H3,(H,19,20)/t9?,11-/m0/s1.